The third-order valence-corrected chi connectivity index (χ3v) is 3.69. The van der Waals surface area contributed by atoms with Crippen LogP contribution in [0, 0.1) is 0 Å². The zero-order chi connectivity index (χ0) is 13.5. The van der Waals surface area contributed by atoms with Gasteiger partial charge in [-0.25, -0.2) is 4.98 Å². The van der Waals surface area contributed by atoms with Gasteiger partial charge in [0.2, 0.25) is 6.41 Å². The molecule has 2 heterocycles. The molecule has 19 heavy (non-hydrogen) atoms. The smallest absolute Gasteiger partial charge is 0.210 e. The van der Waals surface area contributed by atoms with E-state index in [0.717, 1.165) is 50.1 Å². The molecule has 0 radical (unpaired) electrons. The molecule has 1 aliphatic rings. The van der Waals surface area contributed by atoms with E-state index in [-0.39, 0.29) is 6.04 Å². The van der Waals surface area contributed by atoms with Crippen LogP contribution in [-0.2, 0) is 4.79 Å². The van der Waals surface area contributed by atoms with Crippen molar-refractivity contribution in [3.63, 3.8) is 0 Å². The average molecular weight is 261 g/mol. The molecule has 1 aliphatic heterocycles. The number of nitrogens with one attached hydrogen (secondary N) is 1. The zero-order valence-corrected chi connectivity index (χ0v) is 11.6. The van der Waals surface area contributed by atoms with Gasteiger partial charge in [-0.2, -0.15) is 0 Å². The highest BCUT2D eigenvalue weighted by molar-refractivity contribution is 5.49. The van der Waals surface area contributed by atoms with Crippen LogP contribution in [-0.4, -0.2) is 29.4 Å². The van der Waals surface area contributed by atoms with Gasteiger partial charge in [0.05, 0.1) is 6.04 Å². The number of carbonyl (C=O) groups excluding carboxylic acids is 1. The number of piperidine rings is 1. The number of nitrogens with zero attached hydrogens (tertiary/aromatic N) is 2. The molecule has 0 unspecified atom stereocenters. The Morgan fingerprint density at radius 2 is 2.37 bits per heavy atom. The minimum Gasteiger partial charge on any atom is -0.370 e. The Balaban J connectivity index is 1.98. The second kappa shape index (κ2) is 7.12. The first-order valence-electron chi connectivity index (χ1n) is 7.26. The maximum Gasteiger partial charge on any atom is 0.210 e. The van der Waals surface area contributed by atoms with Gasteiger partial charge in [-0.05, 0) is 37.3 Å². The normalized spacial score (nSPS) is 19.2. The Hall–Kier alpha value is -1.58. The van der Waals surface area contributed by atoms with E-state index in [2.05, 4.69) is 23.3 Å². The standard InChI is InChI=1S/C15H23N3O/c1-2-3-9-16-15-8-7-13(11-17-15)14-6-4-5-10-18(14)12-19/h7-8,11-12,14H,2-6,9-10H2,1H3,(H,16,17)/t14-/m1/s1. The highest BCUT2D eigenvalue weighted by atomic mass is 16.1. The molecule has 0 bridgehead atoms. The third-order valence-electron chi connectivity index (χ3n) is 3.69. The molecule has 0 aliphatic carbocycles. The summed E-state index contributed by atoms with van der Waals surface area (Å²) in [5, 5.41) is 3.31. The summed E-state index contributed by atoms with van der Waals surface area (Å²) < 4.78 is 0. The summed E-state index contributed by atoms with van der Waals surface area (Å²) in [7, 11) is 0. The van der Waals surface area contributed by atoms with E-state index in [4.69, 9.17) is 0 Å². The lowest BCUT2D eigenvalue weighted by molar-refractivity contribution is -0.121. The lowest BCUT2D eigenvalue weighted by Gasteiger charge is -2.32. The summed E-state index contributed by atoms with van der Waals surface area (Å²) in [5.41, 5.74) is 1.15. The van der Waals surface area contributed by atoms with Gasteiger partial charge in [-0.15, -0.1) is 0 Å². The lowest BCUT2D eigenvalue weighted by atomic mass is 9.97. The number of rotatable bonds is 6. The van der Waals surface area contributed by atoms with Crippen LogP contribution in [0.3, 0.4) is 0 Å². The Morgan fingerprint density at radius 1 is 1.47 bits per heavy atom. The van der Waals surface area contributed by atoms with Gasteiger partial charge in [0.1, 0.15) is 5.82 Å². The van der Waals surface area contributed by atoms with Gasteiger partial charge in [-0.3, -0.25) is 4.79 Å². The van der Waals surface area contributed by atoms with Crippen molar-refractivity contribution >= 4 is 12.2 Å². The fraction of sp³-hybridized carbons (Fsp3) is 0.600. The van der Waals surface area contributed by atoms with Crippen LogP contribution in [0.1, 0.15) is 50.6 Å². The van der Waals surface area contributed by atoms with E-state index >= 15 is 0 Å². The first-order chi connectivity index (χ1) is 9.35. The van der Waals surface area contributed by atoms with Gasteiger partial charge in [0.25, 0.3) is 0 Å². The molecule has 4 nitrogen and oxygen atoms in total. The van der Waals surface area contributed by atoms with E-state index in [1.165, 1.54) is 12.8 Å². The van der Waals surface area contributed by atoms with Gasteiger partial charge in [-0.1, -0.05) is 19.4 Å². The third kappa shape index (κ3) is 3.69. The summed E-state index contributed by atoms with van der Waals surface area (Å²) in [4.78, 5) is 17.4. The van der Waals surface area contributed by atoms with Gasteiger partial charge < -0.3 is 10.2 Å². The predicted molar refractivity (Wildman–Crippen MR) is 77.0 cm³/mol. The van der Waals surface area contributed by atoms with Crippen molar-refractivity contribution < 1.29 is 4.79 Å². The molecule has 2 rings (SSSR count). The number of unbranched alkanes of at least 4 members (excludes halogenated alkanes) is 1. The SMILES string of the molecule is CCCCNc1ccc([C@H]2CCCCN2C=O)cn1. The van der Waals surface area contributed by atoms with E-state index in [1.807, 2.05) is 17.2 Å². The maximum absolute atomic E-state index is 11.1. The van der Waals surface area contributed by atoms with Crippen LogP contribution in [0.4, 0.5) is 5.82 Å². The monoisotopic (exact) mass is 261 g/mol. The molecule has 1 aromatic heterocycles. The Labute approximate surface area is 115 Å². The van der Waals surface area contributed by atoms with E-state index in [0.29, 0.717) is 0 Å². The molecule has 0 saturated carbocycles. The second-order valence-corrected chi connectivity index (χ2v) is 5.11. The number of hydrogen-bond donors (Lipinski definition) is 1. The second-order valence-electron chi connectivity index (χ2n) is 5.11. The van der Waals surface area contributed by atoms with Crippen LogP contribution in [0.25, 0.3) is 0 Å². The highest BCUT2D eigenvalue weighted by Gasteiger charge is 2.22. The van der Waals surface area contributed by atoms with Crippen LogP contribution in [0.15, 0.2) is 18.3 Å². The molecule has 1 aromatic rings. The van der Waals surface area contributed by atoms with Crippen molar-refractivity contribution in [3.05, 3.63) is 23.9 Å². The molecule has 1 saturated heterocycles. The van der Waals surface area contributed by atoms with Crippen LogP contribution in [0.2, 0.25) is 0 Å². The Bertz CT molecular complexity index is 391. The maximum atomic E-state index is 11.1. The topological polar surface area (TPSA) is 45.2 Å². The molecule has 1 fully saturated rings. The first-order valence-corrected chi connectivity index (χ1v) is 7.26. The summed E-state index contributed by atoms with van der Waals surface area (Å²) >= 11 is 0. The fourth-order valence-corrected chi connectivity index (χ4v) is 2.54. The van der Waals surface area contributed by atoms with Crippen molar-refractivity contribution in [2.45, 2.75) is 45.1 Å². The van der Waals surface area contributed by atoms with Crippen LogP contribution >= 0.6 is 0 Å². The van der Waals surface area contributed by atoms with Crippen LogP contribution < -0.4 is 5.32 Å². The van der Waals surface area contributed by atoms with E-state index in [1.54, 1.807) is 0 Å². The summed E-state index contributed by atoms with van der Waals surface area (Å²) in [6.07, 6.45) is 8.55. The molecule has 4 heteroatoms. The number of anilines is 1. The number of pyridine rings is 1. The van der Waals surface area contributed by atoms with E-state index < -0.39 is 0 Å². The number of likely N-dealkylation sites (tertiary alicyclic amines) is 1. The minimum absolute atomic E-state index is 0.212. The van der Waals surface area contributed by atoms with E-state index in [9.17, 15) is 4.79 Å². The Morgan fingerprint density at radius 3 is 3.05 bits per heavy atom. The molecular formula is C15H23N3O. The summed E-state index contributed by atoms with van der Waals surface area (Å²) in [6, 6.07) is 4.32. The molecular weight excluding hydrogens is 238 g/mol. The first kappa shape index (κ1) is 13.8. The van der Waals surface area contributed by atoms with Crippen molar-refractivity contribution in [3.8, 4) is 0 Å². The van der Waals surface area contributed by atoms with Crippen LogP contribution in [0.5, 0.6) is 0 Å². The van der Waals surface area contributed by atoms with Crippen molar-refractivity contribution in [2.75, 3.05) is 18.4 Å². The molecule has 1 N–H and O–H groups in total. The van der Waals surface area contributed by atoms with Crippen molar-refractivity contribution in [1.29, 1.82) is 0 Å². The summed E-state index contributed by atoms with van der Waals surface area (Å²) in [5.74, 6) is 0.922. The van der Waals surface area contributed by atoms with Gasteiger partial charge in [0.15, 0.2) is 0 Å². The number of aromatic nitrogens is 1. The highest BCUT2D eigenvalue weighted by Crippen LogP contribution is 2.29. The molecule has 1 atom stereocenters. The van der Waals surface area contributed by atoms with Crippen molar-refractivity contribution in [1.82, 2.24) is 9.88 Å². The van der Waals surface area contributed by atoms with Crippen molar-refractivity contribution in [2.24, 2.45) is 0 Å². The average Bonchev–Trinajstić information content (AvgIpc) is 2.48. The lowest BCUT2D eigenvalue weighted by Crippen LogP contribution is -2.32. The minimum atomic E-state index is 0.212. The fourth-order valence-electron chi connectivity index (χ4n) is 2.54. The largest absolute Gasteiger partial charge is 0.370 e. The Kier molecular flexibility index (Phi) is 5.19. The molecule has 0 spiro atoms. The molecule has 0 aromatic carbocycles. The quantitative estimate of drug-likeness (QED) is 0.632. The number of hydrogen-bond acceptors (Lipinski definition) is 3. The molecule has 1 amide bonds. The van der Waals surface area contributed by atoms with Gasteiger partial charge >= 0.3 is 0 Å². The number of amides is 1. The van der Waals surface area contributed by atoms with Gasteiger partial charge in [0, 0.05) is 19.3 Å². The molecule has 104 valence electrons. The zero-order valence-electron chi connectivity index (χ0n) is 11.6. The number of carbonyl (C=O) groups is 1. The predicted octanol–water partition coefficient (Wildman–Crippen LogP) is 2.98. The summed E-state index contributed by atoms with van der Waals surface area (Å²) in [6.45, 7) is 4.01.